The molecule has 0 fully saturated rings. The van der Waals surface area contributed by atoms with Gasteiger partial charge in [0.05, 0.1) is 10.7 Å². The van der Waals surface area contributed by atoms with Crippen LogP contribution < -0.4 is 5.73 Å². The van der Waals surface area contributed by atoms with Gasteiger partial charge in [-0.15, -0.1) is 0 Å². The van der Waals surface area contributed by atoms with Crippen molar-refractivity contribution in [3.63, 3.8) is 0 Å². The summed E-state index contributed by atoms with van der Waals surface area (Å²) in [7, 11) is 1.96. The van der Waals surface area contributed by atoms with Gasteiger partial charge in [-0.05, 0) is 31.5 Å². The number of hydrogen-bond acceptors (Lipinski definition) is 3. The van der Waals surface area contributed by atoms with Crippen molar-refractivity contribution in [2.75, 3.05) is 0 Å². The van der Waals surface area contributed by atoms with Gasteiger partial charge in [-0.1, -0.05) is 30.0 Å². The van der Waals surface area contributed by atoms with Gasteiger partial charge in [0, 0.05) is 18.0 Å². The van der Waals surface area contributed by atoms with Gasteiger partial charge < -0.3 is 5.73 Å². The van der Waals surface area contributed by atoms with Crippen molar-refractivity contribution >= 4 is 11.8 Å². The van der Waals surface area contributed by atoms with Crippen molar-refractivity contribution in [2.45, 2.75) is 29.8 Å². The van der Waals surface area contributed by atoms with Crippen LogP contribution >= 0.6 is 11.8 Å². The Balaban J connectivity index is 2.33. The zero-order chi connectivity index (χ0) is 12.4. The predicted molar refractivity (Wildman–Crippen MR) is 71.1 cm³/mol. The predicted octanol–water partition coefficient (Wildman–Crippen LogP) is 2.90. The van der Waals surface area contributed by atoms with E-state index in [9.17, 15) is 0 Å². The van der Waals surface area contributed by atoms with Gasteiger partial charge in [-0.3, -0.25) is 4.68 Å². The molecule has 0 saturated heterocycles. The molecule has 0 bridgehead atoms. The lowest BCUT2D eigenvalue weighted by atomic mass is 10.1. The summed E-state index contributed by atoms with van der Waals surface area (Å²) < 4.78 is 1.90. The SMILES string of the molecule is Cc1cc(Sc2ccccc2[C@H](C)N)n(C)n1. The van der Waals surface area contributed by atoms with Crippen LogP contribution in [-0.4, -0.2) is 9.78 Å². The quantitative estimate of drug-likeness (QED) is 0.907. The van der Waals surface area contributed by atoms with Crippen molar-refractivity contribution in [1.82, 2.24) is 9.78 Å². The molecule has 1 aromatic heterocycles. The van der Waals surface area contributed by atoms with Crippen LogP contribution in [0.3, 0.4) is 0 Å². The van der Waals surface area contributed by atoms with E-state index in [1.54, 1.807) is 11.8 Å². The van der Waals surface area contributed by atoms with Gasteiger partial charge in [0.25, 0.3) is 0 Å². The molecule has 1 atom stereocenters. The van der Waals surface area contributed by atoms with Crippen LogP contribution in [0.5, 0.6) is 0 Å². The summed E-state index contributed by atoms with van der Waals surface area (Å²) in [5.74, 6) is 0. The van der Waals surface area contributed by atoms with Gasteiger partial charge in [0.1, 0.15) is 0 Å². The maximum atomic E-state index is 5.98. The van der Waals surface area contributed by atoms with E-state index in [4.69, 9.17) is 5.73 Å². The Morgan fingerprint density at radius 2 is 2.06 bits per heavy atom. The van der Waals surface area contributed by atoms with Gasteiger partial charge in [-0.25, -0.2) is 0 Å². The average molecular weight is 247 g/mol. The maximum Gasteiger partial charge on any atom is 0.0987 e. The van der Waals surface area contributed by atoms with Crippen LogP contribution in [0.4, 0.5) is 0 Å². The summed E-state index contributed by atoms with van der Waals surface area (Å²) >= 11 is 1.71. The summed E-state index contributed by atoms with van der Waals surface area (Å²) in [5, 5.41) is 5.48. The molecule has 4 heteroatoms. The first-order valence-electron chi connectivity index (χ1n) is 5.61. The fourth-order valence-electron chi connectivity index (χ4n) is 1.74. The van der Waals surface area contributed by atoms with Crippen LogP contribution in [0.25, 0.3) is 0 Å². The topological polar surface area (TPSA) is 43.8 Å². The maximum absolute atomic E-state index is 5.98. The first-order chi connectivity index (χ1) is 8.08. The molecule has 90 valence electrons. The van der Waals surface area contributed by atoms with Gasteiger partial charge >= 0.3 is 0 Å². The zero-order valence-corrected chi connectivity index (χ0v) is 11.2. The Morgan fingerprint density at radius 1 is 1.35 bits per heavy atom. The second kappa shape index (κ2) is 4.94. The van der Waals surface area contributed by atoms with Crippen molar-refractivity contribution < 1.29 is 0 Å². The molecule has 0 aliphatic carbocycles. The highest BCUT2D eigenvalue weighted by Gasteiger charge is 2.10. The van der Waals surface area contributed by atoms with E-state index in [1.165, 1.54) is 10.5 Å². The lowest BCUT2D eigenvalue weighted by Gasteiger charge is -2.11. The van der Waals surface area contributed by atoms with Crippen LogP contribution in [0.1, 0.15) is 24.2 Å². The molecule has 1 aromatic carbocycles. The van der Waals surface area contributed by atoms with Crippen LogP contribution in [-0.2, 0) is 7.05 Å². The minimum atomic E-state index is 0.0491. The molecule has 0 spiro atoms. The highest BCUT2D eigenvalue weighted by atomic mass is 32.2. The summed E-state index contributed by atoms with van der Waals surface area (Å²) in [6.45, 7) is 4.01. The Bertz CT molecular complexity index is 517. The highest BCUT2D eigenvalue weighted by Crippen LogP contribution is 2.32. The van der Waals surface area contributed by atoms with E-state index in [0.717, 1.165) is 10.7 Å². The highest BCUT2D eigenvalue weighted by molar-refractivity contribution is 7.99. The third-order valence-electron chi connectivity index (χ3n) is 2.58. The number of rotatable bonds is 3. The number of nitrogens with two attached hydrogens (primary N) is 1. The molecular weight excluding hydrogens is 230 g/mol. The van der Waals surface area contributed by atoms with Crippen LogP contribution in [0.15, 0.2) is 40.3 Å². The van der Waals surface area contributed by atoms with E-state index >= 15 is 0 Å². The van der Waals surface area contributed by atoms with Crippen molar-refractivity contribution in [2.24, 2.45) is 12.8 Å². The smallest absolute Gasteiger partial charge is 0.0987 e. The number of aryl methyl sites for hydroxylation is 2. The summed E-state index contributed by atoms with van der Waals surface area (Å²) in [5.41, 5.74) is 8.19. The lowest BCUT2D eigenvalue weighted by molar-refractivity contribution is 0.692. The zero-order valence-electron chi connectivity index (χ0n) is 10.3. The molecule has 17 heavy (non-hydrogen) atoms. The molecular formula is C13H17N3S. The van der Waals surface area contributed by atoms with Crippen molar-refractivity contribution in [1.29, 1.82) is 0 Å². The molecule has 2 rings (SSSR count). The standard InChI is InChI=1S/C13H17N3S/c1-9-8-13(16(3)15-9)17-12-7-5-4-6-11(12)10(2)14/h4-8,10H,14H2,1-3H3/t10-/m0/s1. The van der Waals surface area contributed by atoms with Gasteiger partial charge in [-0.2, -0.15) is 5.10 Å². The van der Waals surface area contributed by atoms with E-state index in [1.807, 2.05) is 37.7 Å². The summed E-state index contributed by atoms with van der Waals surface area (Å²) in [6, 6.07) is 10.4. The first kappa shape index (κ1) is 12.2. The molecule has 3 nitrogen and oxygen atoms in total. The Morgan fingerprint density at radius 3 is 2.65 bits per heavy atom. The number of nitrogens with zero attached hydrogens (tertiary/aromatic N) is 2. The van der Waals surface area contributed by atoms with E-state index in [-0.39, 0.29) is 6.04 Å². The molecule has 2 aromatic rings. The molecule has 2 N–H and O–H groups in total. The third-order valence-corrected chi connectivity index (χ3v) is 3.77. The van der Waals surface area contributed by atoms with E-state index in [2.05, 4.69) is 23.3 Å². The Kier molecular flexibility index (Phi) is 3.54. The molecule has 0 saturated carbocycles. The van der Waals surface area contributed by atoms with Gasteiger partial charge in [0.2, 0.25) is 0 Å². The van der Waals surface area contributed by atoms with Crippen LogP contribution in [0, 0.1) is 6.92 Å². The lowest BCUT2D eigenvalue weighted by Crippen LogP contribution is -2.06. The monoisotopic (exact) mass is 247 g/mol. The van der Waals surface area contributed by atoms with E-state index < -0.39 is 0 Å². The molecule has 0 radical (unpaired) electrons. The molecule has 0 aliphatic rings. The largest absolute Gasteiger partial charge is 0.324 e. The first-order valence-corrected chi connectivity index (χ1v) is 6.42. The van der Waals surface area contributed by atoms with Crippen LogP contribution in [0.2, 0.25) is 0 Å². The molecule has 1 heterocycles. The minimum Gasteiger partial charge on any atom is -0.324 e. The molecule has 0 unspecified atom stereocenters. The van der Waals surface area contributed by atoms with Gasteiger partial charge in [0.15, 0.2) is 0 Å². The summed E-state index contributed by atoms with van der Waals surface area (Å²) in [4.78, 5) is 1.20. The van der Waals surface area contributed by atoms with Crippen molar-refractivity contribution in [3.8, 4) is 0 Å². The Labute approximate surface area is 106 Å². The second-order valence-corrected chi connectivity index (χ2v) is 5.24. The molecule has 0 aliphatic heterocycles. The van der Waals surface area contributed by atoms with E-state index in [0.29, 0.717) is 0 Å². The number of hydrogen-bond donors (Lipinski definition) is 1. The average Bonchev–Trinajstić information content (AvgIpc) is 2.58. The fraction of sp³-hybridized carbons (Fsp3) is 0.308. The number of aromatic nitrogens is 2. The minimum absolute atomic E-state index is 0.0491. The summed E-state index contributed by atoms with van der Waals surface area (Å²) in [6.07, 6.45) is 0. The normalized spacial score (nSPS) is 12.7. The number of benzene rings is 1. The second-order valence-electron chi connectivity index (χ2n) is 4.18. The van der Waals surface area contributed by atoms with Crippen molar-refractivity contribution in [3.05, 3.63) is 41.6 Å². The Hall–Kier alpha value is -1.26. The third kappa shape index (κ3) is 2.70. The molecule has 0 amide bonds. The fourth-order valence-corrected chi connectivity index (χ4v) is 2.89.